The van der Waals surface area contributed by atoms with E-state index in [0.717, 1.165) is 11.4 Å². The molecule has 2 heterocycles. The van der Waals surface area contributed by atoms with Crippen LogP contribution in [-0.2, 0) is 4.74 Å². The monoisotopic (exact) mass is 251 g/mol. The molecular weight excluding hydrogens is 230 g/mol. The summed E-state index contributed by atoms with van der Waals surface area (Å²) in [5.74, 6) is 0.835. The van der Waals surface area contributed by atoms with E-state index in [0.29, 0.717) is 38.3 Å². The number of rotatable bonds is 3. The van der Waals surface area contributed by atoms with Crippen LogP contribution in [-0.4, -0.2) is 42.5 Å². The summed E-state index contributed by atoms with van der Waals surface area (Å²) in [6, 6.07) is 1.94. The van der Waals surface area contributed by atoms with Crippen molar-refractivity contribution in [3.05, 3.63) is 17.8 Å². The van der Waals surface area contributed by atoms with Crippen LogP contribution in [0.2, 0.25) is 0 Å². The Morgan fingerprint density at radius 1 is 1.50 bits per heavy atom. The second-order valence-electron chi connectivity index (χ2n) is 5.09. The number of aromatic nitrogens is 1. The summed E-state index contributed by atoms with van der Waals surface area (Å²) in [4.78, 5) is 6.26. The molecule has 5 heteroatoms. The average Bonchev–Trinajstić information content (AvgIpc) is 2.33. The molecule has 0 atom stereocenters. The van der Waals surface area contributed by atoms with Crippen LogP contribution in [0, 0.1) is 6.92 Å². The van der Waals surface area contributed by atoms with Crippen molar-refractivity contribution in [1.82, 2.24) is 4.98 Å². The van der Waals surface area contributed by atoms with Crippen LogP contribution >= 0.6 is 0 Å². The summed E-state index contributed by atoms with van der Waals surface area (Å²) in [6.07, 6.45) is 3.01. The lowest BCUT2D eigenvalue weighted by Gasteiger charge is -2.35. The molecule has 0 aromatic carbocycles. The van der Waals surface area contributed by atoms with Gasteiger partial charge in [-0.05, 0) is 18.6 Å². The van der Waals surface area contributed by atoms with Gasteiger partial charge in [0.2, 0.25) is 0 Å². The lowest BCUT2D eigenvalue weighted by molar-refractivity contribution is -0.0573. The van der Waals surface area contributed by atoms with Gasteiger partial charge < -0.3 is 20.5 Å². The first-order chi connectivity index (χ1) is 8.50. The first-order valence-electron chi connectivity index (χ1n) is 6.24. The van der Waals surface area contributed by atoms with Gasteiger partial charge in [0.1, 0.15) is 5.82 Å². The highest BCUT2D eigenvalue weighted by molar-refractivity contribution is 5.51. The SMILES string of the molecule is Cc1cc(N(C)CC2(O)CCOCC2)ncc1N. The lowest BCUT2D eigenvalue weighted by atomic mass is 9.94. The van der Waals surface area contributed by atoms with Gasteiger partial charge in [0, 0.05) is 39.6 Å². The predicted octanol–water partition coefficient (Wildman–Crippen LogP) is 0.950. The Kier molecular flexibility index (Phi) is 3.73. The van der Waals surface area contributed by atoms with Crippen LogP contribution in [0.15, 0.2) is 12.3 Å². The first kappa shape index (κ1) is 13.1. The Morgan fingerprint density at radius 3 is 2.78 bits per heavy atom. The van der Waals surface area contributed by atoms with Crippen molar-refractivity contribution in [2.24, 2.45) is 0 Å². The summed E-state index contributed by atoms with van der Waals surface area (Å²) < 4.78 is 5.28. The number of ether oxygens (including phenoxy) is 1. The van der Waals surface area contributed by atoms with Crippen molar-refractivity contribution >= 4 is 11.5 Å². The number of aryl methyl sites for hydroxylation is 1. The normalized spacial score (nSPS) is 18.6. The predicted molar refractivity (Wildman–Crippen MR) is 71.7 cm³/mol. The number of hydrogen-bond acceptors (Lipinski definition) is 5. The molecule has 0 saturated carbocycles. The van der Waals surface area contributed by atoms with E-state index in [2.05, 4.69) is 4.98 Å². The van der Waals surface area contributed by atoms with Gasteiger partial charge in [-0.3, -0.25) is 0 Å². The zero-order valence-corrected chi connectivity index (χ0v) is 11.0. The van der Waals surface area contributed by atoms with Crippen molar-refractivity contribution < 1.29 is 9.84 Å². The highest BCUT2D eigenvalue weighted by Gasteiger charge is 2.31. The van der Waals surface area contributed by atoms with E-state index in [9.17, 15) is 5.11 Å². The molecule has 18 heavy (non-hydrogen) atoms. The van der Waals surface area contributed by atoms with Crippen molar-refractivity contribution in [3.8, 4) is 0 Å². The molecule has 0 spiro atoms. The molecule has 1 aliphatic rings. The Hall–Kier alpha value is -1.33. The largest absolute Gasteiger partial charge is 0.397 e. The van der Waals surface area contributed by atoms with Crippen LogP contribution in [0.5, 0.6) is 0 Å². The molecule has 1 aromatic rings. The standard InChI is InChI=1S/C13H21N3O2/c1-10-7-12(15-8-11(10)14)16(2)9-13(17)3-5-18-6-4-13/h7-8,17H,3-6,9,14H2,1-2H3. The topological polar surface area (TPSA) is 71.6 Å². The van der Waals surface area contributed by atoms with E-state index >= 15 is 0 Å². The fourth-order valence-corrected chi connectivity index (χ4v) is 2.19. The Morgan fingerprint density at radius 2 is 2.17 bits per heavy atom. The molecule has 5 nitrogen and oxygen atoms in total. The van der Waals surface area contributed by atoms with Gasteiger partial charge in [-0.15, -0.1) is 0 Å². The molecule has 0 bridgehead atoms. The third-order valence-electron chi connectivity index (χ3n) is 3.48. The first-order valence-corrected chi connectivity index (χ1v) is 6.24. The van der Waals surface area contributed by atoms with Gasteiger partial charge in [-0.2, -0.15) is 0 Å². The third kappa shape index (κ3) is 2.91. The molecule has 1 fully saturated rings. The van der Waals surface area contributed by atoms with Gasteiger partial charge in [-0.25, -0.2) is 4.98 Å². The van der Waals surface area contributed by atoms with E-state index in [4.69, 9.17) is 10.5 Å². The van der Waals surface area contributed by atoms with Crippen molar-refractivity contribution in [2.45, 2.75) is 25.4 Å². The third-order valence-corrected chi connectivity index (χ3v) is 3.48. The highest BCUT2D eigenvalue weighted by Crippen LogP contribution is 2.24. The Bertz CT molecular complexity index is 417. The molecule has 0 aliphatic carbocycles. The zero-order valence-electron chi connectivity index (χ0n) is 11.0. The summed E-state index contributed by atoms with van der Waals surface area (Å²) >= 11 is 0. The van der Waals surface area contributed by atoms with Crippen LogP contribution in [0.1, 0.15) is 18.4 Å². The maximum Gasteiger partial charge on any atom is 0.128 e. The molecule has 2 rings (SSSR count). The minimum atomic E-state index is -0.677. The van der Waals surface area contributed by atoms with Crippen LogP contribution in [0.3, 0.4) is 0 Å². The van der Waals surface area contributed by atoms with Gasteiger partial charge in [-0.1, -0.05) is 0 Å². The second kappa shape index (κ2) is 5.12. The second-order valence-corrected chi connectivity index (χ2v) is 5.09. The number of pyridine rings is 1. The number of anilines is 2. The Balaban J connectivity index is 2.06. The van der Waals surface area contributed by atoms with Gasteiger partial charge >= 0.3 is 0 Å². The minimum absolute atomic E-state index is 0.562. The number of nitrogen functional groups attached to an aromatic ring is 1. The van der Waals surface area contributed by atoms with Crippen molar-refractivity contribution in [2.75, 3.05) is 37.4 Å². The van der Waals surface area contributed by atoms with Crippen molar-refractivity contribution in [1.29, 1.82) is 0 Å². The van der Waals surface area contributed by atoms with Crippen LogP contribution < -0.4 is 10.6 Å². The maximum atomic E-state index is 10.5. The molecule has 1 saturated heterocycles. The molecular formula is C13H21N3O2. The van der Waals surface area contributed by atoms with Crippen LogP contribution in [0.25, 0.3) is 0 Å². The van der Waals surface area contributed by atoms with E-state index < -0.39 is 5.60 Å². The quantitative estimate of drug-likeness (QED) is 0.837. The molecule has 0 unspecified atom stereocenters. The number of likely N-dealkylation sites (N-methyl/N-ethyl adjacent to an activating group) is 1. The summed E-state index contributed by atoms with van der Waals surface area (Å²) in [5, 5.41) is 10.5. The molecule has 0 amide bonds. The van der Waals surface area contributed by atoms with Crippen molar-refractivity contribution in [3.63, 3.8) is 0 Å². The van der Waals surface area contributed by atoms with E-state index in [-0.39, 0.29) is 0 Å². The molecule has 3 N–H and O–H groups in total. The highest BCUT2D eigenvalue weighted by atomic mass is 16.5. The number of nitrogens with zero attached hydrogens (tertiary/aromatic N) is 2. The van der Waals surface area contributed by atoms with E-state index in [1.54, 1.807) is 6.20 Å². The van der Waals surface area contributed by atoms with Gasteiger partial charge in [0.25, 0.3) is 0 Å². The number of hydrogen-bond donors (Lipinski definition) is 2. The zero-order chi connectivity index (χ0) is 13.2. The fourth-order valence-electron chi connectivity index (χ4n) is 2.19. The lowest BCUT2D eigenvalue weighted by Crippen LogP contribution is -2.46. The van der Waals surface area contributed by atoms with Gasteiger partial charge in [0.15, 0.2) is 0 Å². The molecule has 100 valence electrons. The Labute approximate surface area is 108 Å². The summed E-state index contributed by atoms with van der Waals surface area (Å²) in [5.41, 5.74) is 6.77. The number of nitrogens with two attached hydrogens (primary N) is 1. The fraction of sp³-hybridized carbons (Fsp3) is 0.615. The van der Waals surface area contributed by atoms with Crippen LogP contribution in [0.4, 0.5) is 11.5 Å². The molecule has 1 aliphatic heterocycles. The molecule has 1 aromatic heterocycles. The maximum absolute atomic E-state index is 10.5. The smallest absolute Gasteiger partial charge is 0.128 e. The minimum Gasteiger partial charge on any atom is -0.397 e. The number of aliphatic hydroxyl groups is 1. The summed E-state index contributed by atoms with van der Waals surface area (Å²) in [7, 11) is 1.94. The van der Waals surface area contributed by atoms with E-state index in [1.807, 2.05) is 24.9 Å². The molecule has 0 radical (unpaired) electrons. The van der Waals surface area contributed by atoms with E-state index in [1.165, 1.54) is 0 Å². The van der Waals surface area contributed by atoms with Gasteiger partial charge in [0.05, 0.1) is 17.5 Å². The summed E-state index contributed by atoms with van der Waals surface area (Å²) in [6.45, 7) is 3.77. The average molecular weight is 251 g/mol.